The van der Waals surface area contributed by atoms with E-state index in [1.54, 1.807) is 19.0 Å². The summed E-state index contributed by atoms with van der Waals surface area (Å²) in [6, 6.07) is 7.76. The summed E-state index contributed by atoms with van der Waals surface area (Å²) in [4.78, 5) is 22.2. The Morgan fingerprint density at radius 3 is 2.67 bits per heavy atom. The maximum atomic E-state index is 11.7. The number of anilines is 2. The van der Waals surface area contributed by atoms with Crippen LogP contribution in [-0.2, 0) is 4.79 Å². The van der Waals surface area contributed by atoms with Gasteiger partial charge in [-0.15, -0.1) is 0 Å². The van der Waals surface area contributed by atoms with Gasteiger partial charge in [0, 0.05) is 26.0 Å². The Bertz CT molecular complexity index is 626. The lowest BCUT2D eigenvalue weighted by Gasteiger charge is -2.13. The third-order valence-electron chi connectivity index (χ3n) is 3.04. The molecule has 112 valence electrons. The van der Waals surface area contributed by atoms with Gasteiger partial charge in [0.05, 0.1) is 12.1 Å². The van der Waals surface area contributed by atoms with Crippen molar-refractivity contribution in [3.8, 4) is 0 Å². The van der Waals surface area contributed by atoms with Crippen LogP contribution in [0.1, 0.15) is 13.3 Å². The summed E-state index contributed by atoms with van der Waals surface area (Å²) < 4.78 is 0. The van der Waals surface area contributed by atoms with Crippen LogP contribution in [0.5, 0.6) is 0 Å². The number of carbonyl (C=O) groups is 1. The number of amides is 1. The average molecular weight is 287 g/mol. The van der Waals surface area contributed by atoms with Gasteiger partial charge in [-0.1, -0.05) is 19.1 Å². The summed E-state index contributed by atoms with van der Waals surface area (Å²) in [5, 5.41) is 7.19. The van der Waals surface area contributed by atoms with Gasteiger partial charge in [-0.2, -0.15) is 4.98 Å². The van der Waals surface area contributed by atoms with E-state index in [0.29, 0.717) is 11.8 Å². The van der Waals surface area contributed by atoms with Crippen LogP contribution in [0.4, 0.5) is 11.8 Å². The first kappa shape index (κ1) is 15.0. The van der Waals surface area contributed by atoms with Crippen molar-refractivity contribution in [2.45, 2.75) is 13.3 Å². The molecule has 6 heteroatoms. The second-order valence-electron chi connectivity index (χ2n) is 4.98. The van der Waals surface area contributed by atoms with Crippen LogP contribution in [0.25, 0.3) is 10.9 Å². The molecule has 0 aliphatic rings. The minimum atomic E-state index is 0.000704. The molecule has 1 heterocycles. The molecule has 0 spiro atoms. The zero-order valence-electron chi connectivity index (χ0n) is 12.7. The molecule has 6 nitrogen and oxygen atoms in total. The molecule has 0 fully saturated rings. The van der Waals surface area contributed by atoms with Crippen LogP contribution in [0.15, 0.2) is 24.3 Å². The molecule has 2 N–H and O–H groups in total. The number of likely N-dealkylation sites (N-methyl/N-ethyl adjacent to an activating group) is 1. The fourth-order valence-corrected chi connectivity index (χ4v) is 1.84. The Kier molecular flexibility index (Phi) is 4.92. The van der Waals surface area contributed by atoms with E-state index in [1.165, 1.54) is 0 Å². The molecule has 0 saturated heterocycles. The molecule has 2 rings (SSSR count). The summed E-state index contributed by atoms with van der Waals surface area (Å²) in [6.45, 7) is 3.11. The minimum Gasteiger partial charge on any atom is -0.360 e. The zero-order valence-corrected chi connectivity index (χ0v) is 12.7. The molecule has 0 radical (unpaired) electrons. The highest BCUT2D eigenvalue weighted by molar-refractivity contribution is 5.91. The molecule has 1 aromatic carbocycles. The normalized spacial score (nSPS) is 10.4. The molecule has 0 atom stereocenters. The molecule has 0 aliphatic heterocycles. The second-order valence-corrected chi connectivity index (χ2v) is 4.98. The first-order chi connectivity index (χ1) is 10.1. The number of benzene rings is 1. The molecule has 1 aromatic heterocycles. The monoisotopic (exact) mass is 287 g/mol. The fourth-order valence-electron chi connectivity index (χ4n) is 1.84. The van der Waals surface area contributed by atoms with Gasteiger partial charge in [0.2, 0.25) is 11.9 Å². The first-order valence-electron chi connectivity index (χ1n) is 7.06. The Morgan fingerprint density at radius 1 is 1.19 bits per heavy atom. The van der Waals surface area contributed by atoms with Crippen LogP contribution in [0.2, 0.25) is 0 Å². The number of aromatic nitrogens is 2. The van der Waals surface area contributed by atoms with Crippen molar-refractivity contribution in [3.63, 3.8) is 0 Å². The maximum Gasteiger partial charge on any atom is 0.241 e. The summed E-state index contributed by atoms with van der Waals surface area (Å²) in [5.41, 5.74) is 0.853. The van der Waals surface area contributed by atoms with E-state index in [1.807, 2.05) is 24.3 Å². The highest BCUT2D eigenvalue weighted by atomic mass is 16.2. The van der Waals surface area contributed by atoms with Crippen LogP contribution in [0, 0.1) is 0 Å². The first-order valence-corrected chi connectivity index (χ1v) is 7.06. The molecule has 1 amide bonds. The predicted octanol–water partition coefficient (Wildman–Crippen LogP) is 1.95. The SMILES string of the molecule is CCCNc1nc(NCC(=O)N(C)C)c2ccccc2n1. The van der Waals surface area contributed by atoms with Crippen LogP contribution < -0.4 is 10.6 Å². The van der Waals surface area contributed by atoms with E-state index < -0.39 is 0 Å². The number of hydrogen-bond donors (Lipinski definition) is 2. The number of hydrogen-bond acceptors (Lipinski definition) is 5. The Hall–Kier alpha value is -2.37. The van der Waals surface area contributed by atoms with Gasteiger partial charge in [0.15, 0.2) is 0 Å². The van der Waals surface area contributed by atoms with Crippen LogP contribution in [0.3, 0.4) is 0 Å². The predicted molar refractivity (Wildman–Crippen MR) is 85.5 cm³/mol. The van der Waals surface area contributed by atoms with Gasteiger partial charge < -0.3 is 15.5 Å². The summed E-state index contributed by atoms with van der Waals surface area (Å²) in [7, 11) is 3.46. The largest absolute Gasteiger partial charge is 0.360 e. The number of nitrogens with zero attached hydrogens (tertiary/aromatic N) is 3. The Morgan fingerprint density at radius 2 is 1.95 bits per heavy atom. The van der Waals surface area contributed by atoms with E-state index in [4.69, 9.17) is 0 Å². The summed E-state index contributed by atoms with van der Waals surface area (Å²) in [5.74, 6) is 1.26. The zero-order chi connectivity index (χ0) is 15.2. The van der Waals surface area contributed by atoms with Crippen molar-refractivity contribution in [2.75, 3.05) is 37.8 Å². The topological polar surface area (TPSA) is 70.2 Å². The second kappa shape index (κ2) is 6.88. The van der Waals surface area contributed by atoms with Crippen molar-refractivity contribution in [1.29, 1.82) is 0 Å². The Labute approximate surface area is 124 Å². The van der Waals surface area contributed by atoms with Crippen molar-refractivity contribution < 1.29 is 4.79 Å². The smallest absolute Gasteiger partial charge is 0.241 e. The minimum absolute atomic E-state index is 0.000704. The van der Waals surface area contributed by atoms with Gasteiger partial charge in [0.1, 0.15) is 5.82 Å². The van der Waals surface area contributed by atoms with Crippen molar-refractivity contribution in [3.05, 3.63) is 24.3 Å². The quantitative estimate of drug-likeness (QED) is 0.850. The standard InChI is InChI=1S/C15H21N5O/c1-4-9-16-15-18-12-8-6-5-7-11(12)14(19-15)17-10-13(21)20(2)3/h5-8H,4,9-10H2,1-3H3,(H2,16,17,18,19). The van der Waals surface area contributed by atoms with Gasteiger partial charge >= 0.3 is 0 Å². The number of nitrogens with one attached hydrogen (secondary N) is 2. The number of para-hydroxylation sites is 1. The lowest BCUT2D eigenvalue weighted by molar-refractivity contribution is -0.126. The highest BCUT2D eigenvalue weighted by Gasteiger charge is 2.09. The fraction of sp³-hybridized carbons (Fsp3) is 0.400. The number of carbonyl (C=O) groups excluding carboxylic acids is 1. The van der Waals surface area contributed by atoms with E-state index in [0.717, 1.165) is 23.9 Å². The van der Waals surface area contributed by atoms with Gasteiger partial charge in [-0.25, -0.2) is 4.98 Å². The molecule has 21 heavy (non-hydrogen) atoms. The van der Waals surface area contributed by atoms with Crippen molar-refractivity contribution >= 4 is 28.6 Å². The van der Waals surface area contributed by atoms with Gasteiger partial charge in [0.25, 0.3) is 0 Å². The van der Waals surface area contributed by atoms with Gasteiger partial charge in [-0.3, -0.25) is 4.79 Å². The summed E-state index contributed by atoms with van der Waals surface area (Å²) >= 11 is 0. The molecular formula is C15H21N5O. The van der Waals surface area contributed by atoms with E-state index in [-0.39, 0.29) is 12.5 Å². The lowest BCUT2D eigenvalue weighted by Crippen LogP contribution is -2.29. The third kappa shape index (κ3) is 3.81. The van der Waals surface area contributed by atoms with Gasteiger partial charge in [-0.05, 0) is 18.6 Å². The van der Waals surface area contributed by atoms with Crippen molar-refractivity contribution in [1.82, 2.24) is 14.9 Å². The van der Waals surface area contributed by atoms with E-state index >= 15 is 0 Å². The molecule has 0 saturated carbocycles. The number of fused-ring (bicyclic) bond motifs is 1. The molecule has 0 unspecified atom stereocenters. The number of rotatable bonds is 6. The van der Waals surface area contributed by atoms with E-state index in [2.05, 4.69) is 27.5 Å². The highest BCUT2D eigenvalue weighted by Crippen LogP contribution is 2.21. The Balaban J connectivity index is 2.28. The van der Waals surface area contributed by atoms with Crippen LogP contribution in [-0.4, -0.2) is 48.0 Å². The third-order valence-corrected chi connectivity index (χ3v) is 3.04. The molecule has 0 aliphatic carbocycles. The molecule has 2 aromatic rings. The molecule has 0 bridgehead atoms. The van der Waals surface area contributed by atoms with Crippen molar-refractivity contribution in [2.24, 2.45) is 0 Å². The molecular weight excluding hydrogens is 266 g/mol. The average Bonchev–Trinajstić information content (AvgIpc) is 2.50. The maximum absolute atomic E-state index is 11.7. The van der Waals surface area contributed by atoms with Crippen LogP contribution >= 0.6 is 0 Å². The lowest BCUT2D eigenvalue weighted by atomic mass is 10.2. The summed E-state index contributed by atoms with van der Waals surface area (Å²) in [6.07, 6.45) is 0.998. The van der Waals surface area contributed by atoms with E-state index in [9.17, 15) is 4.79 Å².